The largest absolute Gasteiger partial charge is 0.462 e. The summed E-state index contributed by atoms with van der Waals surface area (Å²) in [7, 11) is 0. The van der Waals surface area contributed by atoms with E-state index in [9.17, 15) is 4.79 Å². The molecular formula is C21H22N4O2. The molecule has 1 aliphatic carbocycles. The third-order valence-electron chi connectivity index (χ3n) is 5.08. The lowest BCUT2D eigenvalue weighted by molar-refractivity contribution is 0.0526. The summed E-state index contributed by atoms with van der Waals surface area (Å²) in [5.74, 6) is -0.395. The maximum absolute atomic E-state index is 12.8. The Hall–Kier alpha value is -3.02. The zero-order chi connectivity index (χ0) is 19.0. The van der Waals surface area contributed by atoms with E-state index in [1.807, 2.05) is 19.1 Å². The molecule has 0 saturated heterocycles. The Morgan fingerprint density at radius 2 is 1.93 bits per heavy atom. The molecule has 0 spiro atoms. The number of pyridine rings is 3. The zero-order valence-electron chi connectivity index (χ0n) is 15.6. The standard InChI is InChI=1S/C21H22N4O2/c1-3-27-21(26)16-12(2)24-20-18(17(16)13-8-10-23-11-9-13)19(22)14-6-4-5-7-15(14)25-20/h8-11H,3-7H2,1-2H3,(H2,22,24,25). The smallest absolute Gasteiger partial charge is 0.340 e. The number of aryl methyl sites for hydroxylation is 2. The van der Waals surface area contributed by atoms with Crippen molar-refractivity contribution in [2.45, 2.75) is 39.5 Å². The zero-order valence-corrected chi connectivity index (χ0v) is 15.6. The van der Waals surface area contributed by atoms with Crippen LogP contribution in [-0.4, -0.2) is 27.5 Å². The highest BCUT2D eigenvalue weighted by molar-refractivity contribution is 6.11. The summed E-state index contributed by atoms with van der Waals surface area (Å²) in [5.41, 5.74) is 12.6. The van der Waals surface area contributed by atoms with Crippen molar-refractivity contribution in [1.29, 1.82) is 0 Å². The van der Waals surface area contributed by atoms with Crippen molar-refractivity contribution in [3.05, 3.63) is 47.0 Å². The molecule has 0 radical (unpaired) electrons. The first-order chi connectivity index (χ1) is 13.1. The fraction of sp³-hybridized carbons (Fsp3) is 0.333. The van der Waals surface area contributed by atoms with E-state index in [-0.39, 0.29) is 0 Å². The minimum atomic E-state index is -0.395. The molecule has 2 N–H and O–H groups in total. The van der Waals surface area contributed by atoms with E-state index in [1.54, 1.807) is 19.3 Å². The molecule has 6 heteroatoms. The van der Waals surface area contributed by atoms with Crippen molar-refractivity contribution in [1.82, 2.24) is 15.0 Å². The predicted octanol–water partition coefficient (Wildman–Crippen LogP) is 3.64. The number of carbonyl (C=O) groups excluding carboxylic acids is 1. The molecule has 0 atom stereocenters. The van der Waals surface area contributed by atoms with Crippen LogP contribution in [0.3, 0.4) is 0 Å². The summed E-state index contributed by atoms with van der Waals surface area (Å²) in [6, 6.07) is 3.74. The number of ether oxygens (including phenoxy) is 1. The Morgan fingerprint density at radius 3 is 2.67 bits per heavy atom. The second-order valence-corrected chi connectivity index (χ2v) is 6.76. The Labute approximate surface area is 157 Å². The number of carbonyl (C=O) groups is 1. The van der Waals surface area contributed by atoms with Crippen LogP contribution in [0.15, 0.2) is 24.5 Å². The highest BCUT2D eigenvalue weighted by Crippen LogP contribution is 2.39. The number of nitrogen functional groups attached to an aromatic ring is 1. The van der Waals surface area contributed by atoms with Crippen LogP contribution in [0.25, 0.3) is 22.2 Å². The molecule has 0 saturated carbocycles. The molecule has 0 amide bonds. The quantitative estimate of drug-likeness (QED) is 0.715. The van der Waals surface area contributed by atoms with Crippen molar-refractivity contribution in [2.75, 3.05) is 12.3 Å². The molecule has 27 heavy (non-hydrogen) atoms. The number of hydrogen-bond donors (Lipinski definition) is 1. The van der Waals surface area contributed by atoms with Crippen molar-refractivity contribution in [2.24, 2.45) is 0 Å². The summed E-state index contributed by atoms with van der Waals surface area (Å²) in [5, 5.41) is 0.732. The van der Waals surface area contributed by atoms with E-state index in [2.05, 4.69) is 9.97 Å². The molecule has 6 nitrogen and oxygen atoms in total. The Bertz CT molecular complexity index is 1030. The van der Waals surface area contributed by atoms with Crippen molar-refractivity contribution >= 4 is 22.7 Å². The Balaban J connectivity index is 2.12. The Kier molecular flexibility index (Phi) is 4.48. The van der Waals surface area contributed by atoms with Gasteiger partial charge in [0.1, 0.15) is 0 Å². The van der Waals surface area contributed by atoms with Crippen LogP contribution in [0.4, 0.5) is 5.69 Å². The van der Waals surface area contributed by atoms with Crippen molar-refractivity contribution in [3.8, 4) is 11.1 Å². The number of anilines is 1. The van der Waals surface area contributed by atoms with Gasteiger partial charge in [0.05, 0.1) is 23.3 Å². The van der Waals surface area contributed by atoms with Gasteiger partial charge in [-0.15, -0.1) is 0 Å². The van der Waals surface area contributed by atoms with Gasteiger partial charge in [0.2, 0.25) is 0 Å². The van der Waals surface area contributed by atoms with Crippen LogP contribution in [-0.2, 0) is 17.6 Å². The number of nitrogens with two attached hydrogens (primary N) is 1. The maximum atomic E-state index is 12.8. The van der Waals surface area contributed by atoms with Gasteiger partial charge in [-0.1, -0.05) is 0 Å². The van der Waals surface area contributed by atoms with E-state index in [0.717, 1.165) is 53.5 Å². The van der Waals surface area contributed by atoms with Crippen LogP contribution >= 0.6 is 0 Å². The monoisotopic (exact) mass is 362 g/mol. The molecule has 0 fully saturated rings. The van der Waals surface area contributed by atoms with E-state index >= 15 is 0 Å². The van der Waals surface area contributed by atoms with Crippen LogP contribution in [0.2, 0.25) is 0 Å². The second-order valence-electron chi connectivity index (χ2n) is 6.76. The summed E-state index contributed by atoms with van der Waals surface area (Å²) in [4.78, 5) is 26.3. The molecule has 0 aliphatic heterocycles. The second kappa shape index (κ2) is 6.95. The van der Waals surface area contributed by atoms with Crippen LogP contribution < -0.4 is 5.73 Å². The number of rotatable bonds is 3. The summed E-state index contributed by atoms with van der Waals surface area (Å²) >= 11 is 0. The van der Waals surface area contributed by atoms with E-state index in [0.29, 0.717) is 29.2 Å². The molecule has 3 heterocycles. The van der Waals surface area contributed by atoms with Gasteiger partial charge in [0, 0.05) is 29.3 Å². The Morgan fingerprint density at radius 1 is 1.19 bits per heavy atom. The number of hydrogen-bond acceptors (Lipinski definition) is 6. The molecule has 138 valence electrons. The maximum Gasteiger partial charge on any atom is 0.340 e. The van der Waals surface area contributed by atoms with Crippen LogP contribution in [0.1, 0.15) is 47.1 Å². The number of aromatic nitrogens is 3. The third-order valence-corrected chi connectivity index (χ3v) is 5.08. The van der Waals surface area contributed by atoms with E-state index in [4.69, 9.17) is 15.5 Å². The lowest BCUT2D eigenvalue weighted by Crippen LogP contribution is -2.14. The predicted molar refractivity (Wildman–Crippen MR) is 105 cm³/mol. The average Bonchev–Trinajstić information content (AvgIpc) is 2.68. The molecule has 0 bridgehead atoms. The minimum absolute atomic E-state index is 0.296. The molecule has 4 rings (SSSR count). The number of nitrogens with zero attached hydrogens (tertiary/aromatic N) is 3. The third kappa shape index (κ3) is 2.91. The minimum Gasteiger partial charge on any atom is -0.462 e. The molecule has 1 aliphatic rings. The average molecular weight is 362 g/mol. The first kappa shape index (κ1) is 17.4. The van der Waals surface area contributed by atoms with Gasteiger partial charge in [0.25, 0.3) is 0 Å². The van der Waals surface area contributed by atoms with Crippen molar-refractivity contribution < 1.29 is 9.53 Å². The summed E-state index contributed by atoms with van der Waals surface area (Å²) in [6.07, 6.45) is 7.44. The number of esters is 1. The number of fused-ring (bicyclic) bond motifs is 2. The molecule has 3 aromatic rings. The van der Waals surface area contributed by atoms with Gasteiger partial charge in [-0.3, -0.25) is 4.98 Å². The van der Waals surface area contributed by atoms with Gasteiger partial charge in [0.15, 0.2) is 5.65 Å². The highest BCUT2D eigenvalue weighted by atomic mass is 16.5. The van der Waals surface area contributed by atoms with Crippen molar-refractivity contribution in [3.63, 3.8) is 0 Å². The molecule has 0 aromatic carbocycles. The first-order valence-corrected chi connectivity index (χ1v) is 9.30. The van der Waals surface area contributed by atoms with E-state index in [1.165, 1.54) is 0 Å². The normalized spacial score (nSPS) is 13.4. The fourth-order valence-electron chi connectivity index (χ4n) is 3.87. The lowest BCUT2D eigenvalue weighted by Gasteiger charge is -2.21. The van der Waals surface area contributed by atoms with Crippen LogP contribution in [0, 0.1) is 6.92 Å². The SMILES string of the molecule is CCOC(=O)c1c(C)nc2nc3c(c(N)c2c1-c1ccncc1)CCCC3. The molecule has 3 aromatic heterocycles. The van der Waals surface area contributed by atoms with E-state index < -0.39 is 5.97 Å². The van der Waals surface area contributed by atoms with Crippen LogP contribution in [0.5, 0.6) is 0 Å². The lowest BCUT2D eigenvalue weighted by atomic mass is 9.89. The van der Waals surface area contributed by atoms with Gasteiger partial charge in [-0.2, -0.15) is 0 Å². The van der Waals surface area contributed by atoms with Gasteiger partial charge in [-0.05, 0) is 62.8 Å². The summed E-state index contributed by atoms with van der Waals surface area (Å²) < 4.78 is 5.32. The van der Waals surface area contributed by atoms with Gasteiger partial charge >= 0.3 is 5.97 Å². The molecule has 0 unspecified atom stereocenters. The topological polar surface area (TPSA) is 91.0 Å². The first-order valence-electron chi connectivity index (χ1n) is 9.30. The fourth-order valence-corrected chi connectivity index (χ4v) is 3.87. The summed E-state index contributed by atoms with van der Waals surface area (Å²) in [6.45, 7) is 3.90. The van der Waals surface area contributed by atoms with Gasteiger partial charge < -0.3 is 10.5 Å². The molecular weight excluding hydrogens is 340 g/mol. The van der Waals surface area contributed by atoms with Gasteiger partial charge in [-0.25, -0.2) is 14.8 Å². The highest BCUT2D eigenvalue weighted by Gasteiger charge is 2.26.